The molecule has 6 atom stereocenters. The third-order valence-corrected chi connectivity index (χ3v) is 18.0. The molecule has 0 saturated heterocycles. The molecule has 3 aromatic carbocycles. The van der Waals surface area contributed by atoms with E-state index < -0.39 is 24.1 Å². The summed E-state index contributed by atoms with van der Waals surface area (Å²) in [4.78, 5) is 35.1. The van der Waals surface area contributed by atoms with Crippen molar-refractivity contribution in [3.05, 3.63) is 97.0 Å². The quantitative estimate of drug-likeness (QED) is 0.0591. The van der Waals surface area contributed by atoms with E-state index in [1.165, 1.54) is 11.7 Å². The van der Waals surface area contributed by atoms with Crippen molar-refractivity contribution in [2.24, 2.45) is 38.9 Å². The molecule has 0 unspecified atom stereocenters. The molecule has 0 radical (unpaired) electrons. The number of terminal acetylenes is 1. The fourth-order valence-electron chi connectivity index (χ4n) is 12.2. The molecule has 3 aliphatic carbocycles. The summed E-state index contributed by atoms with van der Waals surface area (Å²) >= 11 is 0. The van der Waals surface area contributed by atoms with Crippen molar-refractivity contribution in [3.8, 4) is 63.0 Å². The van der Waals surface area contributed by atoms with Crippen LogP contribution < -0.4 is 14.2 Å². The second-order valence-corrected chi connectivity index (χ2v) is 25.0. The SMILES string of the molecule is C#CC(C)(C)n1cc(-c2cc(O[C@H](C)[C@H]3CCC(=O)C3)c3c(C)n(C)nc3c2)cn1.C[C@@H](Oc1cc(-c2cnn(CCC(C)(F)F)c2)cc2nn(C)c(F)c12)[C@H]1CCC(=O)C1.Cc1c2c(O[C@H](C)[C@H]3CCC(=O)C3)cc(-c3ccn(CCF)c3)cc2nn1C. The number of aromatic nitrogens is 11. The van der Waals surface area contributed by atoms with Crippen molar-refractivity contribution < 1.29 is 46.2 Å². The maximum Gasteiger partial charge on any atom is 0.247 e. The van der Waals surface area contributed by atoms with Gasteiger partial charge in [-0.15, -0.1) is 6.42 Å². The molecule has 9 aromatic rings. The third kappa shape index (κ3) is 14.2. The number of ketones is 3. The van der Waals surface area contributed by atoms with Crippen molar-refractivity contribution in [2.45, 2.75) is 162 Å². The monoisotopic (exact) mass is 1220 g/mol. The van der Waals surface area contributed by atoms with E-state index in [1.807, 2.05) is 113 Å². The zero-order valence-electron chi connectivity index (χ0n) is 52.6. The maximum absolute atomic E-state index is 14.7. The number of fused-ring (bicyclic) bond motifs is 3. The number of rotatable bonds is 18. The Kier molecular flexibility index (Phi) is 18.5. The van der Waals surface area contributed by atoms with Gasteiger partial charge in [0, 0.05) is 138 Å². The number of hydrogen-bond acceptors (Lipinski definition) is 11. The Morgan fingerprint density at radius 3 is 1.49 bits per heavy atom. The van der Waals surface area contributed by atoms with Crippen molar-refractivity contribution in [3.63, 3.8) is 0 Å². The van der Waals surface area contributed by atoms with Gasteiger partial charge in [-0.1, -0.05) is 5.92 Å². The highest BCUT2D eigenvalue weighted by Gasteiger charge is 2.33. The lowest BCUT2D eigenvalue weighted by atomic mass is 10.0. The van der Waals surface area contributed by atoms with Crippen LogP contribution in [0.15, 0.2) is 79.6 Å². The van der Waals surface area contributed by atoms with E-state index in [2.05, 4.69) is 50.5 Å². The number of halogens is 4. The van der Waals surface area contributed by atoms with Crippen molar-refractivity contribution in [1.82, 2.24) is 53.5 Å². The second-order valence-electron chi connectivity index (χ2n) is 25.0. The first-order valence-electron chi connectivity index (χ1n) is 30.6. The van der Waals surface area contributed by atoms with Gasteiger partial charge in [-0.25, -0.2) is 17.9 Å². The minimum Gasteiger partial charge on any atom is -0.490 e. The summed E-state index contributed by atoms with van der Waals surface area (Å²) < 4.78 is 82.7. The van der Waals surface area contributed by atoms with Gasteiger partial charge in [-0.2, -0.15) is 29.9 Å². The molecule has 0 aliphatic heterocycles. The molecule has 89 heavy (non-hydrogen) atoms. The largest absolute Gasteiger partial charge is 0.490 e. The number of ether oxygens (including phenoxy) is 3. The highest BCUT2D eigenvalue weighted by Crippen LogP contribution is 2.41. The van der Waals surface area contributed by atoms with Crippen LogP contribution in [0, 0.1) is 49.9 Å². The highest BCUT2D eigenvalue weighted by molar-refractivity contribution is 5.94. The van der Waals surface area contributed by atoms with Crippen LogP contribution in [0.3, 0.4) is 0 Å². The molecule has 0 spiro atoms. The number of carbonyl (C=O) groups is 3. The molecule has 6 aromatic heterocycles. The van der Waals surface area contributed by atoms with E-state index in [1.54, 1.807) is 29.2 Å². The predicted octanol–water partition coefficient (Wildman–Crippen LogP) is 13.5. The maximum atomic E-state index is 14.7. The lowest BCUT2D eigenvalue weighted by molar-refractivity contribution is -0.118. The fraction of sp³-hybridized carbons (Fsp3) is 0.471. The van der Waals surface area contributed by atoms with Crippen LogP contribution in [-0.2, 0) is 54.2 Å². The first-order chi connectivity index (χ1) is 42.3. The van der Waals surface area contributed by atoms with E-state index in [0.29, 0.717) is 79.0 Å². The topological polar surface area (TPSA) is 173 Å². The summed E-state index contributed by atoms with van der Waals surface area (Å²) in [6.07, 6.45) is 21.9. The number of hydrogen-bond donors (Lipinski definition) is 0. The van der Waals surface area contributed by atoms with Crippen LogP contribution in [0.1, 0.15) is 117 Å². The van der Waals surface area contributed by atoms with Crippen LogP contribution in [0.4, 0.5) is 17.6 Å². The standard InChI is InChI=1S/C24H28N4O2.C22H25F3N4O2.C22H26FN3O2/c1-7-24(4,5)28-14-19(13-25-28)18-11-21-23(15(2)27(6)26-21)22(12-18)30-16(3)17-8-9-20(29)10-17;1-13(14-4-5-17(30)8-14)31-19-10-15(9-18-20(19)21(23)28(3)27-18)16-11-26-29(12-16)7-6-22(2,24)25;1-14-22-20(24-25(14)3)11-18(17-6-8-26(13-17)9-7-23)12-21(22)28-15(2)16-4-5-19(27)10-16/h1,11-14,16-17H,8-10H2,2-6H3;9-14H,4-8H2,1-3H3;6,8,11-13,15-16H,4-5,7,9-10H2,1-3H3/t16-,17+;13-,14+;15-,16+/m111/s1. The van der Waals surface area contributed by atoms with Gasteiger partial charge in [0.25, 0.3) is 0 Å². The van der Waals surface area contributed by atoms with Crippen molar-refractivity contribution in [1.29, 1.82) is 0 Å². The average molecular weight is 1220 g/mol. The molecule has 0 amide bonds. The van der Waals surface area contributed by atoms with Crippen molar-refractivity contribution in [2.75, 3.05) is 6.67 Å². The lowest BCUT2D eigenvalue weighted by Crippen LogP contribution is -2.24. The van der Waals surface area contributed by atoms with Gasteiger partial charge in [0.1, 0.15) is 46.8 Å². The summed E-state index contributed by atoms with van der Waals surface area (Å²) in [6.45, 7) is 14.9. The van der Waals surface area contributed by atoms with Gasteiger partial charge in [-0.3, -0.25) is 33.1 Å². The minimum atomic E-state index is -2.77. The summed E-state index contributed by atoms with van der Waals surface area (Å²) in [5.41, 5.74) is 9.09. The molecule has 17 nitrogen and oxygen atoms in total. The van der Waals surface area contributed by atoms with E-state index in [4.69, 9.17) is 20.6 Å². The van der Waals surface area contributed by atoms with Crippen molar-refractivity contribution >= 4 is 50.1 Å². The normalized spacial score (nSPS) is 18.1. The van der Waals surface area contributed by atoms with Crippen LogP contribution in [-0.4, -0.2) is 102 Å². The molecule has 12 rings (SSSR count). The second kappa shape index (κ2) is 25.9. The van der Waals surface area contributed by atoms with Crippen LogP contribution in [0.25, 0.3) is 66.1 Å². The molecular formula is C68H79F4N11O6. The number of nitrogens with zero attached hydrogens (tertiary/aromatic N) is 11. The number of benzene rings is 3. The molecule has 3 fully saturated rings. The number of aryl methyl sites for hydroxylation is 7. The Morgan fingerprint density at radius 1 is 0.607 bits per heavy atom. The van der Waals surface area contributed by atoms with E-state index >= 15 is 0 Å². The summed E-state index contributed by atoms with van der Waals surface area (Å²) in [6, 6.07) is 13.6. The third-order valence-electron chi connectivity index (χ3n) is 18.0. The first kappa shape index (κ1) is 63.5. The van der Waals surface area contributed by atoms with E-state index in [0.717, 1.165) is 97.8 Å². The Bertz CT molecular complexity index is 4130. The highest BCUT2D eigenvalue weighted by atomic mass is 19.3. The van der Waals surface area contributed by atoms with Gasteiger partial charge in [0.2, 0.25) is 11.9 Å². The van der Waals surface area contributed by atoms with E-state index in [9.17, 15) is 31.9 Å². The first-order valence-corrected chi connectivity index (χ1v) is 30.6. The smallest absolute Gasteiger partial charge is 0.247 e. The average Bonchev–Trinajstić information content (AvgIpc) is 1.97. The van der Waals surface area contributed by atoms with Gasteiger partial charge < -0.3 is 18.8 Å². The Balaban J connectivity index is 0.000000147. The summed E-state index contributed by atoms with van der Waals surface area (Å²) in [5.74, 6) is 2.90. The Morgan fingerprint density at radius 2 is 1.04 bits per heavy atom. The number of alkyl halides is 3. The van der Waals surface area contributed by atoms with E-state index in [-0.39, 0.29) is 60.2 Å². The van der Waals surface area contributed by atoms with Crippen LogP contribution >= 0.6 is 0 Å². The lowest BCUT2D eigenvalue weighted by Gasteiger charge is -2.21. The molecule has 6 heterocycles. The van der Waals surface area contributed by atoms with Gasteiger partial charge in [-0.05, 0) is 139 Å². The van der Waals surface area contributed by atoms with Gasteiger partial charge in [0.05, 0.1) is 70.0 Å². The van der Waals surface area contributed by atoms with Crippen LogP contribution in [0.5, 0.6) is 17.2 Å². The minimum absolute atomic E-state index is 0.0411. The summed E-state index contributed by atoms with van der Waals surface area (Å²) in [7, 11) is 5.38. The van der Waals surface area contributed by atoms with Gasteiger partial charge >= 0.3 is 0 Å². The Hall–Kier alpha value is -8.54. The molecule has 0 N–H and O–H groups in total. The molecule has 21 heteroatoms. The number of carbonyl (C=O) groups excluding carboxylic acids is 3. The molecular weight excluding hydrogens is 1140 g/mol. The Labute approximate surface area is 515 Å². The molecule has 3 saturated carbocycles. The number of Topliss-reactive ketones (excluding diaryl/α,β-unsaturated/α-hetero) is 3. The zero-order valence-corrected chi connectivity index (χ0v) is 52.6. The fourth-order valence-corrected chi connectivity index (χ4v) is 12.2. The molecule has 470 valence electrons. The summed E-state index contributed by atoms with van der Waals surface area (Å²) in [5, 5.41) is 24.5. The van der Waals surface area contributed by atoms with Crippen LogP contribution in [0.2, 0.25) is 0 Å². The zero-order chi connectivity index (χ0) is 63.8. The molecule has 3 aliphatic rings. The predicted molar refractivity (Wildman–Crippen MR) is 334 cm³/mol. The van der Waals surface area contributed by atoms with Gasteiger partial charge in [0.15, 0.2) is 0 Å². The molecule has 0 bridgehead atoms.